The Morgan fingerprint density at radius 1 is 1.27 bits per heavy atom. The van der Waals surface area contributed by atoms with Gasteiger partial charge < -0.3 is 10.1 Å². The van der Waals surface area contributed by atoms with Gasteiger partial charge in [0.05, 0.1) is 11.4 Å². The summed E-state index contributed by atoms with van der Waals surface area (Å²) < 4.78 is 7.93. The predicted molar refractivity (Wildman–Crippen MR) is 121 cm³/mol. The Hall–Kier alpha value is -2.65. The molecule has 0 atom stereocenters. The first kappa shape index (κ1) is 22.0. The number of ether oxygens (including phenoxy) is 1. The highest BCUT2D eigenvalue weighted by Gasteiger charge is 2.16. The molecule has 2 aromatic heterocycles. The topological polar surface area (TPSA) is 81.9 Å². The summed E-state index contributed by atoms with van der Waals surface area (Å²) in [6, 6.07) is 6.04. The molecule has 9 heteroatoms. The maximum atomic E-state index is 12.3. The number of nitrogens with zero attached hydrogens (tertiary/aromatic N) is 4. The molecule has 0 aliphatic heterocycles. The number of carbonyl (C=O) groups is 1. The summed E-state index contributed by atoms with van der Waals surface area (Å²) in [4.78, 5) is 17.7. The van der Waals surface area contributed by atoms with Crippen molar-refractivity contribution < 1.29 is 9.53 Å². The number of allylic oxidation sites excluding steroid dienone is 1. The Morgan fingerprint density at radius 3 is 2.63 bits per heavy atom. The molecule has 1 amide bonds. The molecule has 0 aliphatic carbocycles. The summed E-state index contributed by atoms with van der Waals surface area (Å²) in [7, 11) is 0. The average Bonchev–Trinajstić information content (AvgIpc) is 3.22. The summed E-state index contributed by atoms with van der Waals surface area (Å²) in [6.07, 6.45) is 1.77. The standard InChI is InChI=1S/C21H25N5O2S2/c1-6-10-26-17(11-28-19-13(2)8-7-9-14(19)3)24-25-21(26)29-12-18(27)23-20-22-15(4)16(5)30-20/h6-9H,1,10-12H2,2-5H3,(H,22,23,27). The van der Waals surface area contributed by atoms with Gasteiger partial charge in [0.15, 0.2) is 16.1 Å². The number of anilines is 1. The molecule has 0 saturated heterocycles. The minimum Gasteiger partial charge on any atom is -0.485 e. The second kappa shape index (κ2) is 9.90. The fraction of sp³-hybridized carbons (Fsp3) is 0.333. The van der Waals surface area contributed by atoms with Crippen LogP contribution in [0.3, 0.4) is 0 Å². The molecule has 0 aliphatic rings. The largest absolute Gasteiger partial charge is 0.485 e. The minimum atomic E-state index is -0.129. The lowest BCUT2D eigenvalue weighted by Crippen LogP contribution is -2.15. The Kier molecular flexibility index (Phi) is 7.28. The highest BCUT2D eigenvalue weighted by atomic mass is 32.2. The lowest BCUT2D eigenvalue weighted by atomic mass is 10.1. The Bertz CT molecular complexity index is 1020. The van der Waals surface area contributed by atoms with E-state index in [-0.39, 0.29) is 18.3 Å². The number of aryl methyl sites for hydroxylation is 4. The van der Waals surface area contributed by atoms with Crippen molar-refractivity contribution in [1.82, 2.24) is 19.7 Å². The first-order valence-corrected chi connectivity index (χ1v) is 11.3. The molecule has 0 saturated carbocycles. The smallest absolute Gasteiger partial charge is 0.236 e. The average molecular weight is 444 g/mol. The van der Waals surface area contributed by atoms with Crippen LogP contribution >= 0.6 is 23.1 Å². The summed E-state index contributed by atoms with van der Waals surface area (Å²) in [5.41, 5.74) is 3.08. The van der Waals surface area contributed by atoms with Crippen LogP contribution in [0.5, 0.6) is 5.75 Å². The number of amides is 1. The van der Waals surface area contributed by atoms with E-state index < -0.39 is 0 Å². The van der Waals surface area contributed by atoms with Crippen molar-refractivity contribution >= 4 is 34.1 Å². The third-order valence-electron chi connectivity index (χ3n) is 4.47. The zero-order valence-electron chi connectivity index (χ0n) is 17.6. The number of thiazole rings is 1. The number of aromatic nitrogens is 4. The molecule has 1 aromatic carbocycles. The predicted octanol–water partition coefficient (Wildman–Crippen LogP) is 4.46. The van der Waals surface area contributed by atoms with Gasteiger partial charge >= 0.3 is 0 Å². The fourth-order valence-electron chi connectivity index (χ4n) is 2.82. The van der Waals surface area contributed by atoms with Gasteiger partial charge in [0.1, 0.15) is 12.4 Å². The highest BCUT2D eigenvalue weighted by molar-refractivity contribution is 7.99. The van der Waals surface area contributed by atoms with Crippen molar-refractivity contribution in [3.05, 3.63) is 58.4 Å². The fourth-order valence-corrected chi connectivity index (χ4v) is 4.42. The van der Waals surface area contributed by atoms with Crippen LogP contribution < -0.4 is 10.1 Å². The second-order valence-electron chi connectivity index (χ2n) is 6.81. The quantitative estimate of drug-likeness (QED) is 0.388. The zero-order chi connectivity index (χ0) is 21.7. The van der Waals surface area contributed by atoms with Crippen molar-refractivity contribution in [2.24, 2.45) is 0 Å². The van der Waals surface area contributed by atoms with Crippen molar-refractivity contribution in [3.8, 4) is 5.75 Å². The monoisotopic (exact) mass is 443 g/mol. The van der Waals surface area contributed by atoms with Crippen LogP contribution in [0.25, 0.3) is 0 Å². The van der Waals surface area contributed by atoms with Gasteiger partial charge in [0.25, 0.3) is 0 Å². The van der Waals surface area contributed by atoms with E-state index in [1.165, 1.54) is 23.1 Å². The molecule has 0 radical (unpaired) electrons. The van der Waals surface area contributed by atoms with E-state index >= 15 is 0 Å². The van der Waals surface area contributed by atoms with E-state index in [1.807, 2.05) is 50.5 Å². The van der Waals surface area contributed by atoms with Gasteiger partial charge in [-0.05, 0) is 38.8 Å². The molecule has 0 spiro atoms. The molecule has 0 bridgehead atoms. The SMILES string of the molecule is C=CCn1c(COc2c(C)cccc2C)nnc1SCC(=O)Nc1nc(C)c(C)s1. The first-order chi connectivity index (χ1) is 14.4. The van der Waals surface area contributed by atoms with Gasteiger partial charge in [0, 0.05) is 11.4 Å². The molecule has 30 heavy (non-hydrogen) atoms. The first-order valence-electron chi connectivity index (χ1n) is 9.47. The van der Waals surface area contributed by atoms with E-state index in [4.69, 9.17) is 4.74 Å². The van der Waals surface area contributed by atoms with E-state index in [0.29, 0.717) is 22.7 Å². The molecular weight excluding hydrogens is 418 g/mol. The number of rotatable bonds is 9. The summed E-state index contributed by atoms with van der Waals surface area (Å²) in [5.74, 6) is 1.63. The third kappa shape index (κ3) is 5.28. The zero-order valence-corrected chi connectivity index (χ0v) is 19.2. The van der Waals surface area contributed by atoms with E-state index in [1.54, 1.807) is 6.08 Å². The van der Waals surface area contributed by atoms with Crippen LogP contribution in [-0.2, 0) is 17.9 Å². The van der Waals surface area contributed by atoms with E-state index in [9.17, 15) is 4.79 Å². The van der Waals surface area contributed by atoms with E-state index in [2.05, 4.69) is 27.1 Å². The maximum absolute atomic E-state index is 12.3. The Morgan fingerprint density at radius 2 is 2.00 bits per heavy atom. The number of hydrogen-bond acceptors (Lipinski definition) is 7. The van der Waals surface area contributed by atoms with Gasteiger partial charge in [-0.15, -0.1) is 28.1 Å². The highest BCUT2D eigenvalue weighted by Crippen LogP contribution is 2.25. The van der Waals surface area contributed by atoms with Crippen LogP contribution in [0.1, 0.15) is 27.5 Å². The van der Waals surface area contributed by atoms with Crippen LogP contribution in [0, 0.1) is 27.7 Å². The van der Waals surface area contributed by atoms with Crippen LogP contribution in [0.15, 0.2) is 36.0 Å². The Balaban J connectivity index is 1.64. The number of hydrogen-bond donors (Lipinski definition) is 1. The normalized spacial score (nSPS) is 10.8. The molecule has 0 fully saturated rings. The summed E-state index contributed by atoms with van der Waals surface area (Å²) >= 11 is 2.80. The number of nitrogens with one attached hydrogen (secondary N) is 1. The number of para-hydroxylation sites is 1. The number of thioether (sulfide) groups is 1. The Labute approximate surface area is 184 Å². The van der Waals surface area contributed by atoms with Crippen LogP contribution in [0.4, 0.5) is 5.13 Å². The van der Waals surface area contributed by atoms with Gasteiger partial charge in [0.2, 0.25) is 5.91 Å². The van der Waals surface area contributed by atoms with Crippen LogP contribution in [-0.4, -0.2) is 31.4 Å². The van der Waals surface area contributed by atoms with Crippen LogP contribution in [0.2, 0.25) is 0 Å². The third-order valence-corrected chi connectivity index (χ3v) is 6.42. The number of benzene rings is 1. The second-order valence-corrected chi connectivity index (χ2v) is 8.95. The summed E-state index contributed by atoms with van der Waals surface area (Å²) in [5, 5.41) is 12.6. The molecule has 3 rings (SSSR count). The van der Waals surface area contributed by atoms with Gasteiger partial charge in [-0.2, -0.15) is 0 Å². The van der Waals surface area contributed by atoms with Crippen molar-refractivity contribution in [2.75, 3.05) is 11.1 Å². The molecule has 0 unspecified atom stereocenters. The molecule has 7 nitrogen and oxygen atoms in total. The van der Waals surface area contributed by atoms with Gasteiger partial charge in [-0.3, -0.25) is 9.36 Å². The van der Waals surface area contributed by atoms with E-state index in [0.717, 1.165) is 27.4 Å². The van der Waals surface area contributed by atoms with Crippen molar-refractivity contribution in [3.63, 3.8) is 0 Å². The molecule has 3 aromatic rings. The summed E-state index contributed by atoms with van der Waals surface area (Å²) in [6.45, 7) is 12.6. The maximum Gasteiger partial charge on any atom is 0.236 e. The molecular formula is C21H25N5O2S2. The van der Waals surface area contributed by atoms with Gasteiger partial charge in [-0.25, -0.2) is 4.98 Å². The lowest BCUT2D eigenvalue weighted by molar-refractivity contribution is -0.113. The molecule has 158 valence electrons. The minimum absolute atomic E-state index is 0.129. The number of carbonyl (C=O) groups excluding carboxylic acids is 1. The van der Waals surface area contributed by atoms with Crippen molar-refractivity contribution in [1.29, 1.82) is 0 Å². The van der Waals surface area contributed by atoms with Crippen molar-refractivity contribution in [2.45, 2.75) is 46.0 Å². The van der Waals surface area contributed by atoms with Gasteiger partial charge in [-0.1, -0.05) is 36.0 Å². The lowest BCUT2D eigenvalue weighted by Gasteiger charge is -2.12. The molecule has 1 N–H and O–H groups in total. The molecule has 2 heterocycles.